The number of ether oxygens (including phenoxy) is 2. The zero-order valence-electron chi connectivity index (χ0n) is 8.74. The molecule has 82 valence electrons. The second-order valence-corrected chi connectivity index (χ2v) is 3.01. The molecule has 1 aromatic carbocycles. The summed E-state index contributed by atoms with van der Waals surface area (Å²) in [6.07, 6.45) is 0.115. The number of hydrogen-bond acceptors (Lipinski definition) is 5. The largest absolute Gasteiger partial charge is 0.494 e. The molecule has 0 aliphatic rings. The van der Waals surface area contributed by atoms with Gasteiger partial charge in [0.25, 0.3) is 0 Å². The maximum atomic E-state index is 11.1. The van der Waals surface area contributed by atoms with Crippen molar-refractivity contribution in [3.63, 3.8) is 0 Å². The van der Waals surface area contributed by atoms with Crippen LogP contribution in [0.15, 0.2) is 12.1 Å². The summed E-state index contributed by atoms with van der Waals surface area (Å²) in [5.41, 5.74) is 12.8. The molecule has 0 amide bonds. The molecular weight excluding hydrogens is 196 g/mol. The third-order valence-electron chi connectivity index (χ3n) is 2.08. The van der Waals surface area contributed by atoms with E-state index >= 15 is 0 Å². The van der Waals surface area contributed by atoms with Crippen LogP contribution in [-0.4, -0.2) is 20.2 Å². The van der Waals surface area contributed by atoms with E-state index in [0.29, 0.717) is 22.7 Å². The van der Waals surface area contributed by atoms with Crippen molar-refractivity contribution < 1.29 is 14.3 Å². The van der Waals surface area contributed by atoms with Crippen LogP contribution >= 0.6 is 0 Å². The SMILES string of the molecule is COC(=O)Cc1ccc(N)c(N)c1OC. The minimum atomic E-state index is -0.350. The quantitative estimate of drug-likeness (QED) is 0.562. The van der Waals surface area contributed by atoms with E-state index in [-0.39, 0.29) is 12.4 Å². The fraction of sp³-hybridized carbons (Fsp3) is 0.300. The lowest BCUT2D eigenvalue weighted by Gasteiger charge is -2.11. The Morgan fingerprint density at radius 1 is 1.33 bits per heavy atom. The first kappa shape index (κ1) is 11.2. The van der Waals surface area contributed by atoms with Gasteiger partial charge in [0.15, 0.2) is 0 Å². The number of anilines is 2. The third-order valence-corrected chi connectivity index (χ3v) is 2.08. The smallest absolute Gasteiger partial charge is 0.310 e. The zero-order chi connectivity index (χ0) is 11.4. The molecule has 0 bridgehead atoms. The van der Waals surface area contributed by atoms with Crippen LogP contribution in [0.2, 0.25) is 0 Å². The third kappa shape index (κ3) is 2.31. The van der Waals surface area contributed by atoms with Gasteiger partial charge < -0.3 is 20.9 Å². The first-order chi connectivity index (χ1) is 7.10. The van der Waals surface area contributed by atoms with Gasteiger partial charge in [0.1, 0.15) is 5.75 Å². The minimum absolute atomic E-state index is 0.115. The van der Waals surface area contributed by atoms with E-state index in [1.54, 1.807) is 12.1 Å². The Bertz CT molecular complexity index is 377. The monoisotopic (exact) mass is 210 g/mol. The predicted molar refractivity (Wildman–Crippen MR) is 57.5 cm³/mol. The lowest BCUT2D eigenvalue weighted by molar-refractivity contribution is -0.139. The van der Waals surface area contributed by atoms with E-state index in [2.05, 4.69) is 4.74 Å². The molecule has 1 rings (SSSR count). The van der Waals surface area contributed by atoms with Gasteiger partial charge in [-0.2, -0.15) is 0 Å². The van der Waals surface area contributed by atoms with Gasteiger partial charge in [0.2, 0.25) is 0 Å². The minimum Gasteiger partial charge on any atom is -0.494 e. The van der Waals surface area contributed by atoms with Crippen molar-refractivity contribution in [1.82, 2.24) is 0 Å². The Hall–Kier alpha value is -1.91. The van der Waals surface area contributed by atoms with E-state index in [0.717, 1.165) is 0 Å². The zero-order valence-corrected chi connectivity index (χ0v) is 8.74. The van der Waals surface area contributed by atoms with Crippen molar-refractivity contribution in [3.8, 4) is 5.75 Å². The van der Waals surface area contributed by atoms with E-state index in [9.17, 15) is 4.79 Å². The first-order valence-corrected chi connectivity index (χ1v) is 4.37. The molecule has 0 spiro atoms. The molecular formula is C10H14N2O3. The summed E-state index contributed by atoms with van der Waals surface area (Å²) < 4.78 is 9.65. The molecule has 1 aromatic rings. The number of benzene rings is 1. The number of esters is 1. The molecule has 5 nitrogen and oxygen atoms in total. The fourth-order valence-corrected chi connectivity index (χ4v) is 1.27. The molecule has 4 N–H and O–H groups in total. The molecule has 0 aliphatic heterocycles. The molecule has 0 aromatic heterocycles. The molecule has 0 unspecified atom stereocenters. The topological polar surface area (TPSA) is 87.6 Å². The Balaban J connectivity index is 3.07. The highest BCUT2D eigenvalue weighted by Crippen LogP contribution is 2.31. The Morgan fingerprint density at radius 2 is 2.00 bits per heavy atom. The number of hydrogen-bond donors (Lipinski definition) is 2. The van der Waals surface area contributed by atoms with E-state index in [4.69, 9.17) is 16.2 Å². The molecule has 0 fully saturated rings. The molecule has 0 aliphatic carbocycles. The summed E-state index contributed by atoms with van der Waals surface area (Å²) >= 11 is 0. The van der Waals surface area contributed by atoms with Gasteiger partial charge in [-0.05, 0) is 6.07 Å². The molecule has 0 atom stereocenters. The highest BCUT2D eigenvalue weighted by molar-refractivity contribution is 5.79. The van der Waals surface area contributed by atoms with Crippen LogP contribution in [-0.2, 0) is 16.0 Å². The van der Waals surface area contributed by atoms with Crippen LogP contribution in [0.25, 0.3) is 0 Å². The van der Waals surface area contributed by atoms with E-state index in [1.807, 2.05) is 0 Å². The normalized spacial score (nSPS) is 9.73. The highest BCUT2D eigenvalue weighted by atomic mass is 16.5. The summed E-state index contributed by atoms with van der Waals surface area (Å²) in [5, 5.41) is 0. The Kier molecular flexibility index (Phi) is 3.38. The van der Waals surface area contributed by atoms with Crippen molar-refractivity contribution in [1.29, 1.82) is 0 Å². The number of nitrogens with two attached hydrogens (primary N) is 2. The Morgan fingerprint density at radius 3 is 2.53 bits per heavy atom. The number of carbonyl (C=O) groups excluding carboxylic acids is 1. The fourth-order valence-electron chi connectivity index (χ4n) is 1.27. The summed E-state index contributed by atoms with van der Waals surface area (Å²) in [6.45, 7) is 0. The van der Waals surface area contributed by atoms with Crippen molar-refractivity contribution in [2.45, 2.75) is 6.42 Å². The summed E-state index contributed by atoms with van der Waals surface area (Å²) in [7, 11) is 2.81. The summed E-state index contributed by atoms with van der Waals surface area (Å²) in [6, 6.07) is 3.33. The van der Waals surface area contributed by atoms with E-state index in [1.165, 1.54) is 14.2 Å². The molecule has 0 saturated heterocycles. The molecule has 15 heavy (non-hydrogen) atoms. The molecule has 0 radical (unpaired) electrons. The van der Waals surface area contributed by atoms with Crippen LogP contribution in [0.4, 0.5) is 11.4 Å². The van der Waals surface area contributed by atoms with Crippen LogP contribution in [0.5, 0.6) is 5.75 Å². The van der Waals surface area contributed by atoms with Gasteiger partial charge in [-0.1, -0.05) is 6.07 Å². The average molecular weight is 210 g/mol. The van der Waals surface area contributed by atoms with Crippen LogP contribution < -0.4 is 16.2 Å². The van der Waals surface area contributed by atoms with Crippen molar-refractivity contribution in [3.05, 3.63) is 17.7 Å². The maximum absolute atomic E-state index is 11.1. The molecule has 0 saturated carbocycles. The van der Waals surface area contributed by atoms with Crippen molar-refractivity contribution >= 4 is 17.3 Å². The van der Waals surface area contributed by atoms with Gasteiger partial charge in [-0.15, -0.1) is 0 Å². The van der Waals surface area contributed by atoms with Gasteiger partial charge in [-0.25, -0.2) is 0 Å². The van der Waals surface area contributed by atoms with Gasteiger partial charge in [0, 0.05) is 5.56 Å². The number of carbonyl (C=O) groups is 1. The average Bonchev–Trinajstić information content (AvgIpc) is 2.24. The van der Waals surface area contributed by atoms with Gasteiger partial charge >= 0.3 is 5.97 Å². The van der Waals surface area contributed by atoms with Crippen molar-refractivity contribution in [2.75, 3.05) is 25.7 Å². The molecule has 0 heterocycles. The Labute approximate surface area is 88.0 Å². The van der Waals surface area contributed by atoms with Gasteiger partial charge in [-0.3, -0.25) is 4.79 Å². The summed E-state index contributed by atoms with van der Waals surface area (Å²) in [4.78, 5) is 11.1. The van der Waals surface area contributed by atoms with Crippen molar-refractivity contribution in [2.24, 2.45) is 0 Å². The first-order valence-electron chi connectivity index (χ1n) is 4.37. The van der Waals surface area contributed by atoms with Crippen LogP contribution in [0, 0.1) is 0 Å². The number of methoxy groups -OCH3 is 2. The van der Waals surface area contributed by atoms with Gasteiger partial charge in [0.05, 0.1) is 32.0 Å². The highest BCUT2D eigenvalue weighted by Gasteiger charge is 2.13. The number of nitrogen functional groups attached to an aromatic ring is 2. The van der Waals surface area contributed by atoms with E-state index < -0.39 is 0 Å². The predicted octanol–water partition coefficient (Wildman–Crippen LogP) is 0.575. The summed E-state index contributed by atoms with van der Waals surface area (Å²) in [5.74, 6) is 0.0814. The van der Waals surface area contributed by atoms with Crippen LogP contribution in [0.3, 0.4) is 0 Å². The second-order valence-electron chi connectivity index (χ2n) is 3.01. The number of rotatable bonds is 3. The lowest BCUT2D eigenvalue weighted by atomic mass is 10.1. The maximum Gasteiger partial charge on any atom is 0.310 e. The molecule has 5 heteroatoms. The lowest BCUT2D eigenvalue weighted by Crippen LogP contribution is -2.08. The van der Waals surface area contributed by atoms with Crippen LogP contribution in [0.1, 0.15) is 5.56 Å². The standard InChI is InChI=1S/C10H14N2O3/c1-14-8(13)5-6-3-4-7(11)9(12)10(6)15-2/h3-4H,5,11-12H2,1-2H3. The second kappa shape index (κ2) is 4.54.